The lowest BCUT2D eigenvalue weighted by molar-refractivity contribution is 0.541. The van der Waals surface area contributed by atoms with Crippen molar-refractivity contribution in [3.8, 4) is 0 Å². The van der Waals surface area contributed by atoms with Gasteiger partial charge in [-0.05, 0) is 24.6 Å². The van der Waals surface area contributed by atoms with Crippen molar-refractivity contribution in [2.75, 3.05) is 5.33 Å². The summed E-state index contributed by atoms with van der Waals surface area (Å²) in [5, 5.41) is 0.487. The highest BCUT2D eigenvalue weighted by atomic mass is 79.9. The van der Waals surface area contributed by atoms with Gasteiger partial charge in [-0.2, -0.15) is 0 Å². The SMILES string of the molecule is CCC(CBr)NS(=O)(=O)c1ccc(Br)cc1F. The first-order valence-electron chi connectivity index (χ1n) is 4.94. The Morgan fingerprint density at radius 2 is 2.12 bits per heavy atom. The highest BCUT2D eigenvalue weighted by Gasteiger charge is 2.21. The van der Waals surface area contributed by atoms with E-state index >= 15 is 0 Å². The third-order valence-electron chi connectivity index (χ3n) is 2.18. The van der Waals surface area contributed by atoms with Crippen LogP contribution in [0.3, 0.4) is 0 Å². The zero-order chi connectivity index (χ0) is 13.1. The van der Waals surface area contributed by atoms with Crippen LogP contribution in [0.25, 0.3) is 0 Å². The van der Waals surface area contributed by atoms with E-state index in [1.165, 1.54) is 12.1 Å². The van der Waals surface area contributed by atoms with E-state index in [0.29, 0.717) is 16.2 Å². The van der Waals surface area contributed by atoms with Gasteiger partial charge >= 0.3 is 0 Å². The molecule has 0 aliphatic carbocycles. The molecule has 7 heteroatoms. The minimum Gasteiger partial charge on any atom is -0.207 e. The highest BCUT2D eigenvalue weighted by Crippen LogP contribution is 2.19. The van der Waals surface area contributed by atoms with Crippen molar-refractivity contribution < 1.29 is 12.8 Å². The summed E-state index contributed by atoms with van der Waals surface area (Å²) in [6.07, 6.45) is 0.628. The molecular weight excluding hydrogens is 377 g/mol. The third kappa shape index (κ3) is 4.01. The standard InChI is InChI=1S/C10H12Br2FNO2S/c1-2-8(6-11)14-17(15,16)10-4-3-7(12)5-9(10)13/h3-5,8,14H,2,6H2,1H3. The summed E-state index contributed by atoms with van der Waals surface area (Å²) in [6, 6.07) is 3.61. The minimum absolute atomic E-state index is 0.247. The van der Waals surface area contributed by atoms with Crippen molar-refractivity contribution in [2.24, 2.45) is 0 Å². The summed E-state index contributed by atoms with van der Waals surface area (Å²) in [6.45, 7) is 1.85. The van der Waals surface area contributed by atoms with Crippen LogP contribution in [0.15, 0.2) is 27.6 Å². The first-order chi connectivity index (χ1) is 7.90. The fraction of sp³-hybridized carbons (Fsp3) is 0.400. The van der Waals surface area contributed by atoms with Gasteiger partial charge in [0.1, 0.15) is 10.7 Å². The number of nitrogens with one attached hydrogen (secondary N) is 1. The molecule has 3 nitrogen and oxygen atoms in total. The van der Waals surface area contributed by atoms with Gasteiger partial charge in [0.05, 0.1) is 0 Å². The average molecular weight is 389 g/mol. The maximum absolute atomic E-state index is 13.5. The first kappa shape index (κ1) is 15.1. The van der Waals surface area contributed by atoms with Gasteiger partial charge in [0.2, 0.25) is 10.0 Å². The quantitative estimate of drug-likeness (QED) is 0.788. The number of sulfonamides is 1. The largest absolute Gasteiger partial charge is 0.243 e. The summed E-state index contributed by atoms with van der Waals surface area (Å²) in [4.78, 5) is -0.333. The number of alkyl halides is 1. The van der Waals surface area contributed by atoms with E-state index in [-0.39, 0.29) is 10.9 Å². The molecule has 0 fully saturated rings. The Morgan fingerprint density at radius 1 is 1.47 bits per heavy atom. The Labute approximate surface area is 117 Å². The molecule has 0 amide bonds. The average Bonchev–Trinajstić information content (AvgIpc) is 2.25. The van der Waals surface area contributed by atoms with Gasteiger partial charge in [-0.15, -0.1) is 0 Å². The second-order valence-corrected chi connectivity index (χ2v) is 6.70. The summed E-state index contributed by atoms with van der Waals surface area (Å²) >= 11 is 6.28. The number of rotatable bonds is 5. The smallest absolute Gasteiger partial charge is 0.207 e. The van der Waals surface area contributed by atoms with E-state index in [9.17, 15) is 12.8 Å². The maximum Gasteiger partial charge on any atom is 0.243 e. The molecule has 0 aliphatic heterocycles. The molecule has 0 heterocycles. The van der Waals surface area contributed by atoms with Crippen LogP contribution < -0.4 is 4.72 Å². The predicted molar refractivity (Wildman–Crippen MR) is 72.3 cm³/mol. The van der Waals surface area contributed by atoms with Crippen LogP contribution in [0.1, 0.15) is 13.3 Å². The minimum atomic E-state index is -3.81. The van der Waals surface area contributed by atoms with Gasteiger partial charge in [-0.3, -0.25) is 0 Å². The monoisotopic (exact) mass is 387 g/mol. The zero-order valence-corrected chi connectivity index (χ0v) is 13.1. The van der Waals surface area contributed by atoms with Gasteiger partial charge in [0.25, 0.3) is 0 Å². The Balaban J connectivity index is 3.05. The van der Waals surface area contributed by atoms with E-state index in [1.54, 1.807) is 0 Å². The lowest BCUT2D eigenvalue weighted by Gasteiger charge is -2.14. The molecule has 0 radical (unpaired) electrons. The number of benzene rings is 1. The molecule has 0 saturated heterocycles. The molecule has 1 aromatic rings. The van der Waals surface area contributed by atoms with Crippen molar-refractivity contribution in [2.45, 2.75) is 24.3 Å². The molecule has 0 aromatic heterocycles. The van der Waals surface area contributed by atoms with Crippen molar-refractivity contribution in [3.63, 3.8) is 0 Å². The van der Waals surface area contributed by atoms with Crippen LogP contribution >= 0.6 is 31.9 Å². The normalized spacial score (nSPS) is 13.6. The Morgan fingerprint density at radius 3 is 2.59 bits per heavy atom. The van der Waals surface area contributed by atoms with Crippen molar-refractivity contribution in [1.82, 2.24) is 4.72 Å². The molecule has 1 unspecified atom stereocenters. The van der Waals surface area contributed by atoms with Gasteiger partial charge in [0, 0.05) is 15.8 Å². The Kier molecular flexibility index (Phi) is 5.56. The van der Waals surface area contributed by atoms with Crippen LogP contribution in [-0.2, 0) is 10.0 Å². The van der Waals surface area contributed by atoms with E-state index in [0.717, 1.165) is 6.07 Å². The van der Waals surface area contributed by atoms with Crippen LogP contribution in [0.2, 0.25) is 0 Å². The van der Waals surface area contributed by atoms with E-state index in [4.69, 9.17) is 0 Å². The second kappa shape index (κ2) is 6.26. The topological polar surface area (TPSA) is 46.2 Å². The molecule has 0 saturated carbocycles. The zero-order valence-electron chi connectivity index (χ0n) is 9.08. The summed E-state index contributed by atoms with van der Waals surface area (Å²) in [5.74, 6) is -0.767. The van der Waals surface area contributed by atoms with Crippen LogP contribution in [-0.4, -0.2) is 19.8 Å². The van der Waals surface area contributed by atoms with Crippen LogP contribution in [0.4, 0.5) is 4.39 Å². The second-order valence-electron chi connectivity index (χ2n) is 3.46. The van der Waals surface area contributed by atoms with E-state index in [1.807, 2.05) is 6.92 Å². The molecular formula is C10H12Br2FNO2S. The number of hydrogen-bond acceptors (Lipinski definition) is 2. The van der Waals surface area contributed by atoms with E-state index in [2.05, 4.69) is 36.6 Å². The van der Waals surface area contributed by atoms with E-state index < -0.39 is 15.8 Å². The predicted octanol–water partition coefficient (Wildman–Crippen LogP) is 3.04. The highest BCUT2D eigenvalue weighted by molar-refractivity contribution is 9.10. The summed E-state index contributed by atoms with van der Waals surface area (Å²) in [5.41, 5.74) is 0. The molecule has 1 aromatic carbocycles. The molecule has 1 N–H and O–H groups in total. The van der Waals surface area contributed by atoms with Crippen LogP contribution in [0, 0.1) is 5.82 Å². The maximum atomic E-state index is 13.5. The summed E-state index contributed by atoms with van der Waals surface area (Å²) < 4.78 is 40.3. The van der Waals surface area contributed by atoms with Crippen molar-refractivity contribution in [1.29, 1.82) is 0 Å². The fourth-order valence-electron chi connectivity index (χ4n) is 1.20. The molecule has 17 heavy (non-hydrogen) atoms. The molecule has 1 rings (SSSR count). The van der Waals surface area contributed by atoms with Crippen molar-refractivity contribution >= 4 is 41.9 Å². The lowest BCUT2D eigenvalue weighted by atomic mass is 10.3. The molecule has 0 bridgehead atoms. The number of halogens is 3. The van der Waals surface area contributed by atoms with Gasteiger partial charge in [-0.25, -0.2) is 17.5 Å². The van der Waals surface area contributed by atoms with Gasteiger partial charge < -0.3 is 0 Å². The molecule has 96 valence electrons. The fourth-order valence-corrected chi connectivity index (χ4v) is 3.75. The van der Waals surface area contributed by atoms with Crippen molar-refractivity contribution in [3.05, 3.63) is 28.5 Å². The first-order valence-corrected chi connectivity index (χ1v) is 8.33. The Hall–Kier alpha value is 0.0200. The molecule has 0 spiro atoms. The third-order valence-corrected chi connectivity index (χ3v) is 5.01. The molecule has 1 atom stereocenters. The van der Waals surface area contributed by atoms with Crippen LogP contribution in [0.5, 0.6) is 0 Å². The van der Waals surface area contributed by atoms with Gasteiger partial charge in [0.15, 0.2) is 0 Å². The lowest BCUT2D eigenvalue weighted by Crippen LogP contribution is -2.35. The summed E-state index contributed by atoms with van der Waals surface area (Å²) in [7, 11) is -3.81. The Bertz CT molecular complexity index is 489. The van der Waals surface area contributed by atoms with Gasteiger partial charge in [-0.1, -0.05) is 38.8 Å². The molecule has 0 aliphatic rings. The number of hydrogen-bond donors (Lipinski definition) is 1.